The van der Waals surface area contributed by atoms with Crippen LogP contribution in [0.3, 0.4) is 0 Å². The molecule has 0 saturated heterocycles. The number of nitrogens with zero attached hydrogens (tertiary/aromatic N) is 2. The molecule has 4 aromatic rings. The summed E-state index contributed by atoms with van der Waals surface area (Å²) in [6.45, 7) is 0.329. The number of aromatic nitrogens is 2. The monoisotopic (exact) mass is 346 g/mol. The van der Waals surface area contributed by atoms with Crippen LogP contribution in [-0.2, 0) is 6.54 Å². The molecule has 0 unspecified atom stereocenters. The van der Waals surface area contributed by atoms with Crippen molar-refractivity contribution < 1.29 is 14.3 Å². The molecule has 26 heavy (non-hydrogen) atoms. The lowest BCUT2D eigenvalue weighted by Gasteiger charge is -2.04. The second-order valence-electron chi connectivity index (χ2n) is 6.04. The summed E-state index contributed by atoms with van der Waals surface area (Å²) in [7, 11) is 0. The minimum Gasteiger partial charge on any atom is -0.478 e. The molecular formula is C21H15FN2O2. The van der Waals surface area contributed by atoms with Gasteiger partial charge in [0.2, 0.25) is 0 Å². The van der Waals surface area contributed by atoms with Crippen molar-refractivity contribution in [1.82, 2.24) is 9.78 Å². The van der Waals surface area contributed by atoms with Crippen molar-refractivity contribution in [3.63, 3.8) is 0 Å². The number of rotatable bonds is 4. The standard InChI is InChI=1S/C21H15FN2O2/c22-19-9-2-1-5-16(19)12-24-13-18-17(8-4-10-20(18)23-24)14-6-3-7-15(11-14)21(25)26/h1-11,13H,12H2,(H,25,26). The zero-order valence-electron chi connectivity index (χ0n) is 13.8. The molecule has 1 N–H and O–H groups in total. The average molecular weight is 346 g/mol. The third-order valence-corrected chi connectivity index (χ3v) is 4.31. The number of carbonyl (C=O) groups is 1. The molecule has 0 fully saturated rings. The highest BCUT2D eigenvalue weighted by molar-refractivity contribution is 5.96. The predicted molar refractivity (Wildman–Crippen MR) is 97.6 cm³/mol. The fourth-order valence-electron chi connectivity index (χ4n) is 3.05. The van der Waals surface area contributed by atoms with Crippen LogP contribution in [0.5, 0.6) is 0 Å². The molecule has 3 aromatic carbocycles. The molecule has 1 heterocycles. The smallest absolute Gasteiger partial charge is 0.335 e. The normalized spacial score (nSPS) is 11.0. The van der Waals surface area contributed by atoms with Crippen LogP contribution in [0.15, 0.2) is 72.9 Å². The Hall–Kier alpha value is -3.47. The molecule has 0 spiro atoms. The van der Waals surface area contributed by atoms with Gasteiger partial charge in [-0.1, -0.05) is 42.5 Å². The number of hydrogen-bond donors (Lipinski definition) is 1. The van der Waals surface area contributed by atoms with Crippen molar-refractivity contribution in [1.29, 1.82) is 0 Å². The van der Waals surface area contributed by atoms with Crippen LogP contribution < -0.4 is 0 Å². The molecule has 1 aromatic heterocycles. The maximum Gasteiger partial charge on any atom is 0.335 e. The summed E-state index contributed by atoms with van der Waals surface area (Å²) < 4.78 is 15.6. The van der Waals surface area contributed by atoms with Crippen LogP contribution in [0.2, 0.25) is 0 Å². The Morgan fingerprint density at radius 2 is 1.85 bits per heavy atom. The van der Waals surface area contributed by atoms with E-state index < -0.39 is 5.97 Å². The van der Waals surface area contributed by atoms with Crippen molar-refractivity contribution in [3.05, 3.63) is 89.9 Å². The highest BCUT2D eigenvalue weighted by atomic mass is 19.1. The highest BCUT2D eigenvalue weighted by Crippen LogP contribution is 2.29. The minimum absolute atomic E-state index is 0.234. The fraction of sp³-hybridized carbons (Fsp3) is 0.0476. The maximum absolute atomic E-state index is 13.9. The van der Waals surface area contributed by atoms with Crippen LogP contribution in [-0.4, -0.2) is 20.9 Å². The third-order valence-electron chi connectivity index (χ3n) is 4.31. The SMILES string of the molecule is O=C(O)c1cccc(-c2cccc3nn(Cc4ccccc4F)cc23)c1. The van der Waals surface area contributed by atoms with E-state index in [4.69, 9.17) is 0 Å². The van der Waals surface area contributed by atoms with Gasteiger partial charge in [0, 0.05) is 17.1 Å². The van der Waals surface area contributed by atoms with Crippen LogP contribution in [0.25, 0.3) is 22.0 Å². The Labute approximate surface area is 149 Å². The van der Waals surface area contributed by atoms with Gasteiger partial charge in [0.25, 0.3) is 0 Å². The lowest BCUT2D eigenvalue weighted by Crippen LogP contribution is -2.01. The first-order valence-corrected chi connectivity index (χ1v) is 8.15. The molecular weight excluding hydrogens is 331 g/mol. The van der Waals surface area contributed by atoms with Crippen LogP contribution >= 0.6 is 0 Å². The lowest BCUT2D eigenvalue weighted by molar-refractivity contribution is 0.0697. The molecule has 0 aliphatic carbocycles. The minimum atomic E-state index is -0.964. The summed E-state index contributed by atoms with van der Waals surface area (Å²) in [6.07, 6.45) is 1.87. The number of carboxylic acids is 1. The summed E-state index contributed by atoms with van der Waals surface area (Å²) >= 11 is 0. The quantitative estimate of drug-likeness (QED) is 0.588. The van der Waals surface area contributed by atoms with E-state index >= 15 is 0 Å². The molecule has 0 aliphatic rings. The molecule has 0 saturated carbocycles. The largest absolute Gasteiger partial charge is 0.478 e. The van der Waals surface area contributed by atoms with Crippen LogP contribution in [0.1, 0.15) is 15.9 Å². The number of hydrogen-bond acceptors (Lipinski definition) is 2. The van der Waals surface area contributed by atoms with Crippen molar-refractivity contribution in [3.8, 4) is 11.1 Å². The van der Waals surface area contributed by atoms with Gasteiger partial charge < -0.3 is 5.11 Å². The number of carboxylic acid groups (broad SMARTS) is 1. The Balaban J connectivity index is 1.78. The molecule has 0 atom stereocenters. The van der Waals surface area contributed by atoms with Crippen molar-refractivity contribution in [2.45, 2.75) is 6.54 Å². The summed E-state index contributed by atoms with van der Waals surface area (Å²) in [5.74, 6) is -1.23. The fourth-order valence-corrected chi connectivity index (χ4v) is 3.05. The number of aromatic carboxylic acids is 1. The van der Waals surface area contributed by atoms with Gasteiger partial charge >= 0.3 is 5.97 Å². The Morgan fingerprint density at radius 1 is 1.04 bits per heavy atom. The molecule has 128 valence electrons. The van der Waals surface area contributed by atoms with Gasteiger partial charge in [0.1, 0.15) is 5.82 Å². The van der Waals surface area contributed by atoms with Crippen LogP contribution in [0.4, 0.5) is 4.39 Å². The average Bonchev–Trinajstić information content (AvgIpc) is 3.06. The van der Waals surface area contributed by atoms with Crippen molar-refractivity contribution >= 4 is 16.9 Å². The third kappa shape index (κ3) is 2.95. The Bertz CT molecular complexity index is 1120. The summed E-state index contributed by atoms with van der Waals surface area (Å²) in [5.41, 5.74) is 3.28. The van der Waals surface area contributed by atoms with Gasteiger partial charge in [-0.15, -0.1) is 0 Å². The first-order chi connectivity index (χ1) is 12.6. The van der Waals surface area contributed by atoms with E-state index in [1.54, 1.807) is 41.1 Å². The van der Waals surface area contributed by atoms with E-state index in [9.17, 15) is 14.3 Å². The topological polar surface area (TPSA) is 55.1 Å². The molecule has 0 radical (unpaired) electrons. The van der Waals surface area contributed by atoms with E-state index in [2.05, 4.69) is 5.10 Å². The Morgan fingerprint density at radius 3 is 2.65 bits per heavy atom. The zero-order valence-corrected chi connectivity index (χ0v) is 13.8. The second kappa shape index (κ2) is 6.44. The van der Waals surface area contributed by atoms with E-state index in [1.165, 1.54) is 6.07 Å². The van der Waals surface area contributed by atoms with Gasteiger partial charge in [-0.05, 0) is 35.4 Å². The van der Waals surface area contributed by atoms with Crippen molar-refractivity contribution in [2.75, 3.05) is 0 Å². The van der Waals surface area contributed by atoms with E-state index in [0.717, 1.165) is 22.0 Å². The number of halogens is 1. The molecule has 0 amide bonds. The molecule has 4 rings (SSSR count). The van der Waals surface area contributed by atoms with E-state index in [-0.39, 0.29) is 11.4 Å². The lowest BCUT2D eigenvalue weighted by atomic mass is 10.00. The number of benzene rings is 3. The predicted octanol–water partition coefficient (Wildman–Crippen LogP) is 4.59. The summed E-state index contributed by atoms with van der Waals surface area (Å²) in [5, 5.41) is 14.6. The van der Waals surface area contributed by atoms with Gasteiger partial charge in [-0.2, -0.15) is 5.10 Å². The van der Waals surface area contributed by atoms with Gasteiger partial charge in [-0.3, -0.25) is 4.68 Å². The molecule has 4 nitrogen and oxygen atoms in total. The Kier molecular flexibility index (Phi) is 3.97. The summed E-state index contributed by atoms with van der Waals surface area (Å²) in [6, 6.07) is 19.1. The van der Waals surface area contributed by atoms with Gasteiger partial charge in [-0.25, -0.2) is 9.18 Å². The van der Waals surface area contributed by atoms with Gasteiger partial charge in [0.15, 0.2) is 0 Å². The zero-order chi connectivity index (χ0) is 18.1. The van der Waals surface area contributed by atoms with Crippen molar-refractivity contribution in [2.24, 2.45) is 0 Å². The first-order valence-electron chi connectivity index (χ1n) is 8.15. The van der Waals surface area contributed by atoms with Gasteiger partial charge in [0.05, 0.1) is 17.6 Å². The molecule has 0 bridgehead atoms. The molecule has 5 heteroatoms. The van der Waals surface area contributed by atoms with Crippen LogP contribution in [0, 0.1) is 5.82 Å². The highest BCUT2D eigenvalue weighted by Gasteiger charge is 2.11. The van der Waals surface area contributed by atoms with E-state index in [0.29, 0.717) is 12.1 Å². The maximum atomic E-state index is 13.9. The summed E-state index contributed by atoms with van der Waals surface area (Å²) in [4.78, 5) is 11.2. The second-order valence-corrected chi connectivity index (χ2v) is 6.04. The van der Waals surface area contributed by atoms with E-state index in [1.807, 2.05) is 30.5 Å². The first kappa shape index (κ1) is 16.0. The number of fused-ring (bicyclic) bond motifs is 1. The molecule has 0 aliphatic heterocycles.